The van der Waals surface area contributed by atoms with Crippen molar-refractivity contribution in [1.82, 2.24) is 5.32 Å². The van der Waals surface area contributed by atoms with Gasteiger partial charge in [-0.3, -0.25) is 0 Å². The second-order valence-corrected chi connectivity index (χ2v) is 5.87. The standard InChI is InChI=1S/C17H22N4/c1-12-3-5-16(6-4-12)21-11-15-8-13(9-18)7-14(10-19)17(15)20-2/h7-8,12,16,20-21H,3-6,11H2,1-2H3. The molecule has 0 aromatic heterocycles. The Hall–Kier alpha value is -2.04. The fraction of sp³-hybridized carbons (Fsp3) is 0.529. The van der Waals surface area contributed by atoms with E-state index in [1.807, 2.05) is 13.1 Å². The molecule has 4 nitrogen and oxygen atoms in total. The maximum absolute atomic E-state index is 9.22. The molecule has 1 fully saturated rings. The molecule has 1 aromatic carbocycles. The van der Waals surface area contributed by atoms with Gasteiger partial charge in [0.2, 0.25) is 0 Å². The first-order chi connectivity index (χ1) is 10.2. The van der Waals surface area contributed by atoms with Crippen molar-refractivity contribution in [2.75, 3.05) is 12.4 Å². The van der Waals surface area contributed by atoms with Crippen LogP contribution in [-0.2, 0) is 6.54 Å². The van der Waals surface area contributed by atoms with Gasteiger partial charge in [0, 0.05) is 19.6 Å². The summed E-state index contributed by atoms with van der Waals surface area (Å²) in [6, 6.07) is 8.34. The Labute approximate surface area is 126 Å². The highest BCUT2D eigenvalue weighted by molar-refractivity contribution is 5.65. The zero-order valence-electron chi connectivity index (χ0n) is 12.7. The van der Waals surface area contributed by atoms with Gasteiger partial charge in [0.05, 0.1) is 22.9 Å². The molecule has 0 heterocycles. The van der Waals surface area contributed by atoms with Gasteiger partial charge in [-0.2, -0.15) is 10.5 Å². The molecule has 4 heteroatoms. The Balaban J connectivity index is 2.12. The minimum Gasteiger partial charge on any atom is -0.387 e. The normalized spacial score (nSPS) is 21.3. The van der Waals surface area contributed by atoms with Gasteiger partial charge in [-0.25, -0.2) is 0 Å². The van der Waals surface area contributed by atoms with Gasteiger partial charge in [0.1, 0.15) is 6.07 Å². The van der Waals surface area contributed by atoms with E-state index in [-0.39, 0.29) is 0 Å². The van der Waals surface area contributed by atoms with E-state index in [9.17, 15) is 5.26 Å². The van der Waals surface area contributed by atoms with E-state index in [1.165, 1.54) is 25.7 Å². The lowest BCUT2D eigenvalue weighted by Crippen LogP contribution is -2.32. The smallest absolute Gasteiger partial charge is 0.101 e. The summed E-state index contributed by atoms with van der Waals surface area (Å²) in [4.78, 5) is 0. The molecular formula is C17H22N4. The first kappa shape index (κ1) is 15.4. The Bertz CT molecular complexity index is 572. The average molecular weight is 282 g/mol. The van der Waals surface area contributed by atoms with Crippen LogP contribution in [0.2, 0.25) is 0 Å². The summed E-state index contributed by atoms with van der Waals surface area (Å²) >= 11 is 0. The highest BCUT2D eigenvalue weighted by atomic mass is 14.9. The highest BCUT2D eigenvalue weighted by Gasteiger charge is 2.18. The second kappa shape index (κ2) is 7.11. The van der Waals surface area contributed by atoms with Crippen LogP contribution in [0.4, 0.5) is 5.69 Å². The van der Waals surface area contributed by atoms with E-state index in [4.69, 9.17) is 5.26 Å². The summed E-state index contributed by atoms with van der Waals surface area (Å²) < 4.78 is 0. The SMILES string of the molecule is CNc1c(C#N)cc(C#N)cc1CNC1CCC(C)CC1. The maximum atomic E-state index is 9.22. The molecule has 0 amide bonds. The highest BCUT2D eigenvalue weighted by Crippen LogP contribution is 2.26. The van der Waals surface area contributed by atoms with Crippen LogP contribution in [0.15, 0.2) is 12.1 Å². The van der Waals surface area contributed by atoms with Gasteiger partial charge < -0.3 is 10.6 Å². The topological polar surface area (TPSA) is 71.6 Å². The van der Waals surface area contributed by atoms with Crippen molar-refractivity contribution in [2.24, 2.45) is 5.92 Å². The molecule has 1 aliphatic rings. The van der Waals surface area contributed by atoms with Gasteiger partial charge in [-0.05, 0) is 49.3 Å². The molecule has 0 spiro atoms. The van der Waals surface area contributed by atoms with Crippen LogP contribution in [-0.4, -0.2) is 13.1 Å². The first-order valence-corrected chi connectivity index (χ1v) is 7.56. The van der Waals surface area contributed by atoms with Gasteiger partial charge in [-0.15, -0.1) is 0 Å². The van der Waals surface area contributed by atoms with Crippen molar-refractivity contribution < 1.29 is 0 Å². The van der Waals surface area contributed by atoms with E-state index >= 15 is 0 Å². The second-order valence-electron chi connectivity index (χ2n) is 5.87. The van der Waals surface area contributed by atoms with Gasteiger partial charge in [0.25, 0.3) is 0 Å². The zero-order chi connectivity index (χ0) is 15.2. The van der Waals surface area contributed by atoms with Crippen LogP contribution in [0.25, 0.3) is 0 Å². The number of benzene rings is 1. The Morgan fingerprint density at radius 2 is 1.86 bits per heavy atom. The molecule has 21 heavy (non-hydrogen) atoms. The molecule has 0 saturated heterocycles. The van der Waals surface area contributed by atoms with E-state index in [1.54, 1.807) is 6.07 Å². The number of nitrogens with one attached hydrogen (secondary N) is 2. The number of anilines is 1. The number of nitrogens with zero attached hydrogens (tertiary/aromatic N) is 2. The van der Waals surface area contributed by atoms with Crippen molar-refractivity contribution in [2.45, 2.75) is 45.2 Å². The minimum atomic E-state index is 0.533. The maximum Gasteiger partial charge on any atom is 0.101 e. The minimum absolute atomic E-state index is 0.533. The Kier molecular flexibility index (Phi) is 5.20. The van der Waals surface area contributed by atoms with Crippen LogP contribution in [0.1, 0.15) is 49.3 Å². The lowest BCUT2D eigenvalue weighted by molar-refractivity contribution is 0.306. The number of hydrogen-bond acceptors (Lipinski definition) is 4. The zero-order valence-corrected chi connectivity index (χ0v) is 12.7. The molecule has 0 radical (unpaired) electrons. The van der Waals surface area contributed by atoms with E-state index < -0.39 is 0 Å². The first-order valence-electron chi connectivity index (χ1n) is 7.56. The lowest BCUT2D eigenvalue weighted by atomic mass is 9.87. The van der Waals surface area contributed by atoms with E-state index in [0.717, 1.165) is 17.2 Å². The molecule has 0 atom stereocenters. The summed E-state index contributed by atoms with van der Waals surface area (Å²) in [7, 11) is 1.81. The van der Waals surface area contributed by atoms with Crippen LogP contribution >= 0.6 is 0 Å². The quantitative estimate of drug-likeness (QED) is 0.890. The molecule has 1 aromatic rings. The summed E-state index contributed by atoms with van der Waals surface area (Å²) in [6.45, 7) is 3.00. The molecule has 2 N–H and O–H groups in total. The van der Waals surface area contributed by atoms with Crippen molar-refractivity contribution in [3.05, 3.63) is 28.8 Å². The van der Waals surface area contributed by atoms with Crippen LogP contribution in [0, 0.1) is 28.6 Å². The molecular weight excluding hydrogens is 260 g/mol. The predicted molar refractivity (Wildman–Crippen MR) is 83.7 cm³/mol. The van der Waals surface area contributed by atoms with E-state index in [0.29, 0.717) is 23.7 Å². The average Bonchev–Trinajstić information content (AvgIpc) is 2.53. The molecule has 1 saturated carbocycles. The summed E-state index contributed by atoms with van der Waals surface area (Å²) in [5, 5.41) is 25.0. The van der Waals surface area contributed by atoms with Gasteiger partial charge in [0.15, 0.2) is 0 Å². The Morgan fingerprint density at radius 3 is 2.43 bits per heavy atom. The monoisotopic (exact) mass is 282 g/mol. The molecule has 2 rings (SSSR count). The largest absolute Gasteiger partial charge is 0.387 e. The fourth-order valence-electron chi connectivity index (χ4n) is 3.01. The number of hydrogen-bond donors (Lipinski definition) is 2. The van der Waals surface area contributed by atoms with Crippen LogP contribution in [0.3, 0.4) is 0 Å². The number of rotatable bonds is 4. The van der Waals surface area contributed by atoms with Crippen molar-refractivity contribution in [3.63, 3.8) is 0 Å². The van der Waals surface area contributed by atoms with Crippen molar-refractivity contribution in [1.29, 1.82) is 10.5 Å². The lowest BCUT2D eigenvalue weighted by Gasteiger charge is -2.27. The van der Waals surface area contributed by atoms with E-state index in [2.05, 4.69) is 29.7 Å². The van der Waals surface area contributed by atoms with Gasteiger partial charge >= 0.3 is 0 Å². The molecule has 1 aliphatic carbocycles. The van der Waals surface area contributed by atoms with Crippen molar-refractivity contribution >= 4 is 5.69 Å². The van der Waals surface area contributed by atoms with Crippen LogP contribution < -0.4 is 10.6 Å². The molecule has 110 valence electrons. The third-order valence-corrected chi connectivity index (χ3v) is 4.32. The molecule has 0 bridgehead atoms. The summed E-state index contributed by atoms with van der Waals surface area (Å²) in [5.41, 5.74) is 2.89. The predicted octanol–water partition coefficient (Wildman–Crippen LogP) is 3.14. The van der Waals surface area contributed by atoms with Gasteiger partial charge in [-0.1, -0.05) is 6.92 Å². The third kappa shape index (κ3) is 3.74. The summed E-state index contributed by atoms with van der Waals surface area (Å²) in [6.07, 6.45) is 4.97. The third-order valence-electron chi connectivity index (χ3n) is 4.32. The summed E-state index contributed by atoms with van der Waals surface area (Å²) in [5.74, 6) is 0.836. The number of nitriles is 2. The molecule has 0 aliphatic heterocycles. The fourth-order valence-corrected chi connectivity index (χ4v) is 3.01. The van der Waals surface area contributed by atoms with Crippen LogP contribution in [0.5, 0.6) is 0 Å². The molecule has 0 unspecified atom stereocenters. The Morgan fingerprint density at radius 1 is 1.14 bits per heavy atom. The van der Waals surface area contributed by atoms with Crippen molar-refractivity contribution in [3.8, 4) is 12.1 Å².